The van der Waals surface area contributed by atoms with E-state index in [4.69, 9.17) is 8.37 Å². The zero-order chi connectivity index (χ0) is 14.0. The molecule has 0 bridgehead atoms. The first-order chi connectivity index (χ1) is 9.55. The maximum Gasteiger partial charge on any atom is 0.362 e. The number of hydrogen-bond donors (Lipinski definition) is 0. The van der Waals surface area contributed by atoms with E-state index in [-0.39, 0.29) is 5.97 Å². The number of hydrogen-bond acceptors (Lipinski definition) is 3. The van der Waals surface area contributed by atoms with E-state index in [9.17, 15) is 4.79 Å². The van der Waals surface area contributed by atoms with Gasteiger partial charge in [0.15, 0.2) is 0 Å². The summed E-state index contributed by atoms with van der Waals surface area (Å²) in [5.74, 6) is -0.281. The molecule has 0 aromatic heterocycles. The SMILES string of the molecule is CC1(C)OS2(c3ccccc3)OC(=O)c3cccc1c32. The predicted octanol–water partition coefficient (Wildman–Crippen LogP) is 4.17. The fourth-order valence-corrected chi connectivity index (χ4v) is 6.03. The maximum atomic E-state index is 12.2. The molecule has 2 aliphatic rings. The van der Waals surface area contributed by atoms with Crippen LogP contribution in [-0.4, -0.2) is 5.97 Å². The van der Waals surface area contributed by atoms with Gasteiger partial charge in [0.25, 0.3) is 0 Å². The Balaban J connectivity index is 2.07. The molecule has 0 aliphatic carbocycles. The molecule has 1 unspecified atom stereocenters. The van der Waals surface area contributed by atoms with Gasteiger partial charge in [-0.25, -0.2) is 4.79 Å². The zero-order valence-electron chi connectivity index (χ0n) is 11.3. The summed E-state index contributed by atoms with van der Waals surface area (Å²) in [6, 6.07) is 15.5. The number of carbonyl (C=O) groups is 1. The topological polar surface area (TPSA) is 35.5 Å². The minimum Gasteiger partial charge on any atom is -0.339 e. The first kappa shape index (κ1) is 12.0. The smallest absolute Gasteiger partial charge is 0.339 e. The Hall–Kier alpha value is -1.78. The van der Waals surface area contributed by atoms with Crippen molar-refractivity contribution in [3.8, 4) is 0 Å². The molecule has 2 aliphatic heterocycles. The standard InChI is InChI=1S/C16H14O3S/c1-16(2)13-10-6-9-12-14(13)20(19-16,18-15(12)17)11-7-4-3-5-8-11/h3-10H,1-2H3. The molecule has 20 heavy (non-hydrogen) atoms. The Morgan fingerprint density at radius 2 is 1.75 bits per heavy atom. The van der Waals surface area contributed by atoms with Crippen molar-refractivity contribution in [3.63, 3.8) is 0 Å². The second-order valence-electron chi connectivity index (χ2n) is 5.46. The van der Waals surface area contributed by atoms with Gasteiger partial charge < -0.3 is 4.18 Å². The van der Waals surface area contributed by atoms with Gasteiger partial charge in [-0.2, -0.15) is 0 Å². The van der Waals surface area contributed by atoms with E-state index in [0.717, 1.165) is 15.4 Å². The Bertz CT molecular complexity index is 724. The van der Waals surface area contributed by atoms with Crippen LogP contribution >= 0.6 is 10.6 Å². The first-order valence-electron chi connectivity index (χ1n) is 6.51. The summed E-state index contributed by atoms with van der Waals surface area (Å²) in [4.78, 5) is 14.1. The van der Waals surface area contributed by atoms with Gasteiger partial charge in [-0.3, -0.25) is 4.18 Å². The molecule has 0 saturated heterocycles. The molecular formula is C16H14O3S. The summed E-state index contributed by atoms with van der Waals surface area (Å²) in [7, 11) is -2.15. The van der Waals surface area contributed by atoms with E-state index in [1.165, 1.54) is 0 Å². The van der Waals surface area contributed by atoms with E-state index in [1.807, 2.05) is 62.4 Å². The highest BCUT2D eigenvalue weighted by Gasteiger charge is 2.53. The molecule has 0 spiro atoms. The van der Waals surface area contributed by atoms with Crippen molar-refractivity contribution >= 4 is 16.6 Å². The molecule has 2 aromatic rings. The predicted molar refractivity (Wildman–Crippen MR) is 76.5 cm³/mol. The molecular weight excluding hydrogens is 272 g/mol. The highest BCUT2D eigenvalue weighted by Crippen LogP contribution is 2.76. The van der Waals surface area contributed by atoms with Crippen LogP contribution < -0.4 is 0 Å². The summed E-state index contributed by atoms with van der Waals surface area (Å²) in [5, 5.41) is 0. The van der Waals surface area contributed by atoms with E-state index in [0.29, 0.717) is 5.56 Å². The van der Waals surface area contributed by atoms with Crippen molar-refractivity contribution in [2.45, 2.75) is 29.2 Å². The molecule has 2 heterocycles. The van der Waals surface area contributed by atoms with Gasteiger partial charge in [0.1, 0.15) is 5.60 Å². The summed E-state index contributed by atoms with van der Waals surface area (Å²) in [6.45, 7) is 4.04. The van der Waals surface area contributed by atoms with Crippen molar-refractivity contribution in [1.29, 1.82) is 0 Å². The molecule has 0 N–H and O–H groups in total. The van der Waals surface area contributed by atoms with Gasteiger partial charge in [-0.15, -0.1) is 0 Å². The van der Waals surface area contributed by atoms with Crippen LogP contribution in [0.5, 0.6) is 0 Å². The molecule has 0 fully saturated rings. The molecule has 2 aromatic carbocycles. The Morgan fingerprint density at radius 3 is 2.50 bits per heavy atom. The molecule has 4 rings (SSSR count). The van der Waals surface area contributed by atoms with E-state index < -0.39 is 16.2 Å². The van der Waals surface area contributed by atoms with Gasteiger partial charge in [-0.05, 0) is 32.0 Å². The number of benzene rings is 2. The molecule has 1 atom stereocenters. The van der Waals surface area contributed by atoms with Crippen molar-refractivity contribution in [2.24, 2.45) is 0 Å². The van der Waals surface area contributed by atoms with Crippen molar-refractivity contribution in [2.75, 3.05) is 0 Å². The van der Waals surface area contributed by atoms with Crippen LogP contribution in [0.1, 0.15) is 29.8 Å². The molecule has 4 heteroatoms. The Labute approximate surface area is 119 Å². The van der Waals surface area contributed by atoms with Gasteiger partial charge in [0, 0.05) is 5.56 Å². The van der Waals surface area contributed by atoms with Crippen molar-refractivity contribution in [1.82, 2.24) is 0 Å². The second kappa shape index (κ2) is 3.65. The third-order valence-electron chi connectivity index (χ3n) is 3.72. The van der Waals surface area contributed by atoms with E-state index in [2.05, 4.69) is 0 Å². The second-order valence-corrected chi connectivity index (χ2v) is 7.68. The van der Waals surface area contributed by atoms with Gasteiger partial charge in [0.2, 0.25) is 0 Å². The largest absolute Gasteiger partial charge is 0.362 e. The third-order valence-corrected chi connectivity index (χ3v) is 6.63. The molecule has 0 amide bonds. The average Bonchev–Trinajstić information content (AvgIpc) is 2.86. The highest BCUT2D eigenvalue weighted by atomic mass is 32.3. The Kier molecular flexibility index (Phi) is 2.19. The number of carbonyl (C=O) groups excluding carboxylic acids is 1. The van der Waals surface area contributed by atoms with Crippen LogP contribution in [0.25, 0.3) is 0 Å². The van der Waals surface area contributed by atoms with Gasteiger partial charge >= 0.3 is 5.97 Å². The van der Waals surface area contributed by atoms with Crippen LogP contribution in [0.15, 0.2) is 58.3 Å². The summed E-state index contributed by atoms with van der Waals surface area (Å²) < 4.78 is 12.1. The molecule has 102 valence electrons. The lowest BCUT2D eigenvalue weighted by atomic mass is 9.96. The van der Waals surface area contributed by atoms with Crippen LogP contribution in [0.4, 0.5) is 0 Å². The maximum absolute atomic E-state index is 12.2. The minimum absolute atomic E-state index is 0.281. The first-order valence-corrected chi connectivity index (χ1v) is 7.99. The van der Waals surface area contributed by atoms with Crippen molar-refractivity contribution in [3.05, 3.63) is 59.7 Å². The van der Waals surface area contributed by atoms with Gasteiger partial charge in [-0.1, -0.05) is 40.9 Å². The van der Waals surface area contributed by atoms with Crippen LogP contribution in [0.3, 0.4) is 0 Å². The fourth-order valence-electron chi connectivity index (χ4n) is 2.87. The van der Waals surface area contributed by atoms with Crippen LogP contribution in [0, 0.1) is 0 Å². The molecule has 0 saturated carbocycles. The quantitative estimate of drug-likeness (QED) is 0.789. The average molecular weight is 286 g/mol. The third kappa shape index (κ3) is 1.33. The van der Waals surface area contributed by atoms with E-state index in [1.54, 1.807) is 0 Å². The van der Waals surface area contributed by atoms with Crippen LogP contribution in [0.2, 0.25) is 0 Å². The zero-order valence-corrected chi connectivity index (χ0v) is 12.1. The monoisotopic (exact) mass is 286 g/mol. The highest BCUT2D eigenvalue weighted by molar-refractivity contribution is 8.26. The van der Waals surface area contributed by atoms with Crippen molar-refractivity contribution < 1.29 is 13.2 Å². The van der Waals surface area contributed by atoms with E-state index >= 15 is 0 Å². The lowest BCUT2D eigenvalue weighted by Crippen LogP contribution is -2.18. The lowest BCUT2D eigenvalue weighted by molar-refractivity contribution is 0.0695. The fraction of sp³-hybridized carbons (Fsp3) is 0.188. The lowest BCUT2D eigenvalue weighted by Gasteiger charge is -2.36. The number of rotatable bonds is 1. The summed E-state index contributed by atoms with van der Waals surface area (Å²) >= 11 is 0. The minimum atomic E-state index is -2.15. The van der Waals surface area contributed by atoms with Crippen LogP contribution in [-0.2, 0) is 14.0 Å². The Morgan fingerprint density at radius 1 is 1.00 bits per heavy atom. The molecule has 0 radical (unpaired) electrons. The summed E-state index contributed by atoms with van der Waals surface area (Å²) in [5.41, 5.74) is 1.25. The normalized spacial score (nSPS) is 28.6. The summed E-state index contributed by atoms with van der Waals surface area (Å²) in [6.07, 6.45) is 0. The van der Waals surface area contributed by atoms with Gasteiger partial charge in [0.05, 0.1) is 15.4 Å². The molecule has 3 nitrogen and oxygen atoms in total.